The summed E-state index contributed by atoms with van der Waals surface area (Å²) in [5.41, 5.74) is 10.1. The summed E-state index contributed by atoms with van der Waals surface area (Å²) in [6.45, 7) is 0. The molecule has 1 spiro atoms. The summed E-state index contributed by atoms with van der Waals surface area (Å²) in [7, 11) is 0. The molecule has 0 atom stereocenters. The van der Waals surface area contributed by atoms with Gasteiger partial charge in [0.1, 0.15) is 0 Å². The highest BCUT2D eigenvalue weighted by molar-refractivity contribution is 7.99. The fourth-order valence-electron chi connectivity index (χ4n) is 8.36. The molecule has 3 nitrogen and oxygen atoms in total. The van der Waals surface area contributed by atoms with E-state index in [0.717, 1.165) is 16.7 Å². The molecule has 0 saturated carbocycles. The van der Waals surface area contributed by atoms with Crippen molar-refractivity contribution < 1.29 is 0 Å². The van der Waals surface area contributed by atoms with Crippen LogP contribution in [0.3, 0.4) is 0 Å². The van der Waals surface area contributed by atoms with Gasteiger partial charge in [0.25, 0.3) is 0 Å². The molecule has 2 aliphatic rings. The lowest BCUT2D eigenvalue weighted by molar-refractivity contribution is 0.723. The number of hydrogen-bond donors (Lipinski definition) is 0. The van der Waals surface area contributed by atoms with Crippen LogP contribution in [0.15, 0.2) is 174 Å². The summed E-state index contributed by atoms with van der Waals surface area (Å²) in [6, 6.07) is 58.8. The maximum absolute atomic E-state index is 5.28. The number of fused-ring (bicyclic) bond motifs is 13. The Kier molecular flexibility index (Phi) is 6.27. The monoisotopic (exact) mass is 685 g/mol. The first-order valence-electron chi connectivity index (χ1n) is 17.1. The van der Waals surface area contributed by atoms with Gasteiger partial charge in [-0.15, -0.1) is 11.3 Å². The predicted molar refractivity (Wildman–Crippen MR) is 210 cm³/mol. The van der Waals surface area contributed by atoms with Gasteiger partial charge in [-0.2, -0.15) is 0 Å². The van der Waals surface area contributed by atoms with E-state index in [4.69, 9.17) is 15.0 Å². The smallest absolute Gasteiger partial charge is 0.164 e. The first kappa shape index (κ1) is 28.9. The standard InChI is InChI=1S/C46H27N3S2/c1-3-14-28(15-4-1)43-47-44(29-16-5-2-6-17-29)49-45(48-43)31-19-13-22-34-40(31)42-35(26-27-39-41(42)30-18-7-10-23-36(30)50-39)46(34)32-20-8-11-24-37(32)51-38-25-12-9-21-33(38)46/h1-27H. The minimum atomic E-state index is -0.520. The predicted octanol–water partition coefficient (Wildman–Crippen LogP) is 12.1. The van der Waals surface area contributed by atoms with Gasteiger partial charge in [-0.25, -0.2) is 15.0 Å². The number of benzene rings is 7. The van der Waals surface area contributed by atoms with E-state index in [9.17, 15) is 0 Å². The molecule has 1 aliphatic heterocycles. The van der Waals surface area contributed by atoms with Crippen LogP contribution >= 0.6 is 23.1 Å². The van der Waals surface area contributed by atoms with Gasteiger partial charge in [0.15, 0.2) is 17.5 Å². The van der Waals surface area contributed by atoms with Gasteiger partial charge < -0.3 is 0 Å². The van der Waals surface area contributed by atoms with E-state index < -0.39 is 5.41 Å². The molecular formula is C46H27N3S2. The summed E-state index contributed by atoms with van der Waals surface area (Å²) in [5, 5.41) is 2.58. The highest BCUT2D eigenvalue weighted by Gasteiger charge is 2.51. The van der Waals surface area contributed by atoms with E-state index in [1.165, 1.54) is 63.3 Å². The van der Waals surface area contributed by atoms with E-state index in [2.05, 4.69) is 127 Å². The van der Waals surface area contributed by atoms with Gasteiger partial charge in [-0.05, 0) is 57.6 Å². The molecule has 9 aromatic rings. The first-order valence-corrected chi connectivity index (χ1v) is 18.7. The van der Waals surface area contributed by atoms with Crippen molar-refractivity contribution in [2.24, 2.45) is 0 Å². The Balaban J connectivity index is 1.31. The zero-order chi connectivity index (χ0) is 33.5. The summed E-state index contributed by atoms with van der Waals surface area (Å²) in [6.07, 6.45) is 0. The minimum absolute atomic E-state index is 0.520. The Morgan fingerprint density at radius 3 is 1.63 bits per heavy atom. The summed E-state index contributed by atoms with van der Waals surface area (Å²) in [4.78, 5) is 18.2. The van der Waals surface area contributed by atoms with Crippen LogP contribution in [0.1, 0.15) is 22.3 Å². The molecule has 0 bridgehead atoms. The lowest BCUT2D eigenvalue weighted by Gasteiger charge is -2.39. The third kappa shape index (κ3) is 4.10. The van der Waals surface area contributed by atoms with Crippen molar-refractivity contribution >= 4 is 43.3 Å². The number of rotatable bonds is 3. The molecule has 51 heavy (non-hydrogen) atoms. The fraction of sp³-hybridized carbons (Fsp3) is 0.0217. The Bertz CT molecular complexity index is 2740. The van der Waals surface area contributed by atoms with Crippen LogP contribution in [-0.2, 0) is 5.41 Å². The van der Waals surface area contributed by atoms with Crippen LogP contribution in [-0.4, -0.2) is 15.0 Å². The lowest BCUT2D eigenvalue weighted by Crippen LogP contribution is -2.31. The molecule has 0 unspecified atom stereocenters. The number of nitrogens with zero attached hydrogens (tertiary/aromatic N) is 3. The third-order valence-electron chi connectivity index (χ3n) is 10.4. The summed E-state index contributed by atoms with van der Waals surface area (Å²) in [5.74, 6) is 1.99. The van der Waals surface area contributed by atoms with Gasteiger partial charge in [-0.3, -0.25) is 0 Å². The number of hydrogen-bond acceptors (Lipinski definition) is 5. The Labute approximate surface area is 303 Å². The largest absolute Gasteiger partial charge is 0.208 e. The maximum atomic E-state index is 5.28. The van der Waals surface area contributed by atoms with Gasteiger partial charge in [0.05, 0.1) is 5.41 Å². The molecule has 0 amide bonds. The molecule has 7 aromatic carbocycles. The molecule has 3 heterocycles. The minimum Gasteiger partial charge on any atom is -0.208 e. The third-order valence-corrected chi connectivity index (χ3v) is 12.7. The van der Waals surface area contributed by atoms with Gasteiger partial charge in [0.2, 0.25) is 0 Å². The molecule has 0 saturated heterocycles. The van der Waals surface area contributed by atoms with Crippen molar-refractivity contribution in [3.8, 4) is 45.3 Å². The van der Waals surface area contributed by atoms with E-state index in [1.54, 1.807) is 0 Å². The Morgan fingerprint density at radius 1 is 0.392 bits per heavy atom. The summed E-state index contributed by atoms with van der Waals surface area (Å²) >= 11 is 3.73. The van der Waals surface area contributed by atoms with Gasteiger partial charge in [-0.1, -0.05) is 151 Å². The molecule has 2 aromatic heterocycles. The van der Waals surface area contributed by atoms with Crippen molar-refractivity contribution in [3.63, 3.8) is 0 Å². The molecule has 0 fully saturated rings. The second-order valence-electron chi connectivity index (χ2n) is 13.1. The second-order valence-corrected chi connectivity index (χ2v) is 15.2. The highest BCUT2D eigenvalue weighted by atomic mass is 32.2. The van der Waals surface area contributed by atoms with E-state index in [1.807, 2.05) is 59.5 Å². The molecule has 0 radical (unpaired) electrons. The summed E-state index contributed by atoms with van der Waals surface area (Å²) < 4.78 is 2.57. The van der Waals surface area contributed by atoms with E-state index >= 15 is 0 Å². The van der Waals surface area contributed by atoms with Crippen LogP contribution in [0.25, 0.3) is 65.5 Å². The van der Waals surface area contributed by atoms with E-state index in [-0.39, 0.29) is 0 Å². The fourth-order valence-corrected chi connectivity index (χ4v) is 10.7. The van der Waals surface area contributed by atoms with Crippen LogP contribution in [0.2, 0.25) is 0 Å². The van der Waals surface area contributed by atoms with Crippen molar-refractivity contribution in [2.75, 3.05) is 0 Å². The van der Waals surface area contributed by atoms with Crippen molar-refractivity contribution in [3.05, 3.63) is 186 Å². The molecular weight excluding hydrogens is 659 g/mol. The van der Waals surface area contributed by atoms with Crippen LogP contribution in [0.5, 0.6) is 0 Å². The number of thiophene rings is 1. The van der Waals surface area contributed by atoms with Crippen molar-refractivity contribution in [1.82, 2.24) is 15.0 Å². The van der Waals surface area contributed by atoms with Gasteiger partial charge in [0, 0.05) is 46.7 Å². The topological polar surface area (TPSA) is 38.7 Å². The van der Waals surface area contributed by atoms with Crippen LogP contribution < -0.4 is 0 Å². The first-order chi connectivity index (χ1) is 25.3. The van der Waals surface area contributed by atoms with Crippen LogP contribution in [0, 0.1) is 0 Å². The quantitative estimate of drug-likeness (QED) is 0.186. The molecule has 238 valence electrons. The lowest BCUT2D eigenvalue weighted by atomic mass is 9.67. The molecule has 1 aliphatic carbocycles. The molecule has 5 heteroatoms. The normalized spacial score (nSPS) is 13.6. The average Bonchev–Trinajstić information content (AvgIpc) is 3.72. The van der Waals surface area contributed by atoms with E-state index in [0.29, 0.717) is 17.5 Å². The van der Waals surface area contributed by atoms with Crippen molar-refractivity contribution in [2.45, 2.75) is 15.2 Å². The molecule has 11 rings (SSSR count). The SMILES string of the molecule is c1ccc(-c2nc(-c3ccccc3)nc(-c3cccc4c3-c3c(ccc5sc6ccccc6c35)C43c4ccccc4Sc4ccccc43)n2)cc1. The zero-order valence-electron chi connectivity index (χ0n) is 27.2. The van der Waals surface area contributed by atoms with Gasteiger partial charge >= 0.3 is 0 Å². The van der Waals surface area contributed by atoms with Crippen molar-refractivity contribution in [1.29, 1.82) is 0 Å². The number of aromatic nitrogens is 3. The second kappa shape index (κ2) is 11.1. The Morgan fingerprint density at radius 2 is 0.941 bits per heavy atom. The Hall–Kier alpha value is -5.88. The average molecular weight is 686 g/mol. The zero-order valence-corrected chi connectivity index (χ0v) is 28.9. The highest BCUT2D eigenvalue weighted by Crippen LogP contribution is 2.65. The van der Waals surface area contributed by atoms with Crippen LogP contribution in [0.4, 0.5) is 0 Å². The maximum Gasteiger partial charge on any atom is 0.164 e. The molecule has 0 N–H and O–H groups in total.